The summed E-state index contributed by atoms with van der Waals surface area (Å²) in [5.41, 5.74) is -0.838. The fraction of sp³-hybridized carbons (Fsp3) is 0.533. The van der Waals surface area contributed by atoms with Gasteiger partial charge in [0.2, 0.25) is 5.91 Å². The van der Waals surface area contributed by atoms with Crippen molar-refractivity contribution in [3.8, 4) is 5.75 Å². The van der Waals surface area contributed by atoms with Crippen LogP contribution in [0, 0.1) is 0 Å². The van der Waals surface area contributed by atoms with Gasteiger partial charge in [-0.15, -0.1) is 0 Å². The Balaban J connectivity index is 2.23. The van der Waals surface area contributed by atoms with Crippen molar-refractivity contribution in [2.45, 2.75) is 38.7 Å². The average molecular weight is 344 g/mol. The minimum absolute atomic E-state index is 0.114. The molecule has 1 rings (SSSR count). The van der Waals surface area contributed by atoms with E-state index in [4.69, 9.17) is 4.74 Å². The number of ether oxygens (including phenoxy) is 1. The monoisotopic (exact) mass is 343 g/mol. The van der Waals surface area contributed by atoms with E-state index in [1.165, 1.54) is 0 Å². The molecule has 2 N–H and O–H groups in total. The maximum atomic E-state index is 11.6. The van der Waals surface area contributed by atoms with Gasteiger partial charge in [-0.25, -0.2) is 0 Å². The van der Waals surface area contributed by atoms with Crippen LogP contribution in [0.25, 0.3) is 0 Å². The Labute approximate surface area is 128 Å². The van der Waals surface area contributed by atoms with E-state index in [1.54, 1.807) is 6.92 Å². The molecule has 0 aromatic heterocycles. The maximum Gasteiger partial charge on any atom is 0.223 e. The molecule has 5 heteroatoms. The summed E-state index contributed by atoms with van der Waals surface area (Å²) in [4.78, 5) is 11.6. The number of rotatable bonds is 8. The normalized spacial score (nSPS) is 13.6. The summed E-state index contributed by atoms with van der Waals surface area (Å²) < 4.78 is 6.42. The first kappa shape index (κ1) is 17.0. The van der Waals surface area contributed by atoms with Crippen LogP contribution in [0.4, 0.5) is 0 Å². The van der Waals surface area contributed by atoms with Gasteiger partial charge < -0.3 is 15.2 Å². The second-order valence-electron chi connectivity index (χ2n) is 5.08. The van der Waals surface area contributed by atoms with Crippen LogP contribution in [-0.2, 0) is 4.79 Å². The third-order valence-electron chi connectivity index (χ3n) is 2.85. The number of halogens is 1. The first-order chi connectivity index (χ1) is 9.43. The highest BCUT2D eigenvalue weighted by Crippen LogP contribution is 2.17. The van der Waals surface area contributed by atoms with E-state index in [2.05, 4.69) is 21.2 Å². The van der Waals surface area contributed by atoms with Gasteiger partial charge in [0.05, 0.1) is 18.6 Å². The molecule has 0 heterocycles. The molecule has 0 fully saturated rings. The number of amides is 1. The van der Waals surface area contributed by atoms with Gasteiger partial charge in [0.1, 0.15) is 5.75 Å². The van der Waals surface area contributed by atoms with Crippen molar-refractivity contribution in [2.24, 2.45) is 0 Å². The van der Waals surface area contributed by atoms with E-state index in [0.717, 1.165) is 16.6 Å². The largest absolute Gasteiger partial charge is 0.493 e. The van der Waals surface area contributed by atoms with Gasteiger partial charge in [0.15, 0.2) is 0 Å². The summed E-state index contributed by atoms with van der Waals surface area (Å²) in [5, 5.41) is 12.7. The zero-order valence-corrected chi connectivity index (χ0v) is 13.6. The molecule has 1 amide bonds. The predicted molar refractivity (Wildman–Crippen MR) is 82.8 cm³/mol. The molecule has 1 aromatic rings. The summed E-state index contributed by atoms with van der Waals surface area (Å²) >= 11 is 3.36. The highest BCUT2D eigenvalue weighted by molar-refractivity contribution is 9.10. The van der Waals surface area contributed by atoms with Crippen LogP contribution in [0.2, 0.25) is 0 Å². The lowest BCUT2D eigenvalue weighted by atomic mass is 10.0. The van der Waals surface area contributed by atoms with Crippen LogP contribution in [-0.4, -0.2) is 29.8 Å². The van der Waals surface area contributed by atoms with Gasteiger partial charge in [-0.1, -0.05) is 35.3 Å². The molecule has 0 aliphatic heterocycles. The van der Waals surface area contributed by atoms with Crippen molar-refractivity contribution >= 4 is 21.8 Å². The summed E-state index contributed by atoms with van der Waals surface area (Å²) in [6, 6.07) is 7.48. The molecule has 0 radical (unpaired) electrons. The van der Waals surface area contributed by atoms with E-state index in [9.17, 15) is 9.90 Å². The number of carbonyl (C=O) groups excluding carboxylic acids is 1. The lowest BCUT2D eigenvalue weighted by Gasteiger charge is -2.22. The van der Waals surface area contributed by atoms with Crippen molar-refractivity contribution < 1.29 is 14.6 Å². The summed E-state index contributed by atoms with van der Waals surface area (Å²) in [7, 11) is 0. The smallest absolute Gasteiger partial charge is 0.223 e. The van der Waals surface area contributed by atoms with Gasteiger partial charge >= 0.3 is 0 Å². The van der Waals surface area contributed by atoms with E-state index >= 15 is 0 Å². The Kier molecular flexibility index (Phi) is 7.02. The minimum atomic E-state index is -0.838. The Morgan fingerprint density at radius 2 is 2.25 bits per heavy atom. The average Bonchev–Trinajstić information content (AvgIpc) is 2.37. The van der Waals surface area contributed by atoms with Gasteiger partial charge in [-0.2, -0.15) is 0 Å². The summed E-state index contributed by atoms with van der Waals surface area (Å²) in [5.74, 6) is 0.613. The SMILES string of the molecule is CCCC(C)(O)CNC(=O)CCOc1cccc(Br)c1. The zero-order chi connectivity index (χ0) is 15.0. The molecule has 20 heavy (non-hydrogen) atoms. The number of nitrogens with one attached hydrogen (secondary N) is 1. The lowest BCUT2D eigenvalue weighted by molar-refractivity contribution is -0.122. The van der Waals surface area contributed by atoms with E-state index in [1.807, 2.05) is 31.2 Å². The standard InChI is InChI=1S/C15H22BrNO3/c1-3-8-15(2,19)11-17-14(18)7-9-20-13-6-4-5-12(16)10-13/h4-6,10,19H,3,7-9,11H2,1-2H3,(H,17,18). The molecular formula is C15H22BrNO3. The van der Waals surface area contributed by atoms with Gasteiger partial charge in [-0.05, 0) is 31.5 Å². The topological polar surface area (TPSA) is 58.6 Å². The maximum absolute atomic E-state index is 11.6. The van der Waals surface area contributed by atoms with Crippen LogP contribution < -0.4 is 10.1 Å². The third-order valence-corrected chi connectivity index (χ3v) is 3.34. The third kappa shape index (κ3) is 6.91. The Hall–Kier alpha value is -1.07. The zero-order valence-electron chi connectivity index (χ0n) is 12.0. The molecule has 0 aliphatic carbocycles. The number of benzene rings is 1. The van der Waals surface area contributed by atoms with Crippen molar-refractivity contribution in [2.75, 3.05) is 13.2 Å². The fourth-order valence-electron chi connectivity index (χ4n) is 1.82. The first-order valence-electron chi connectivity index (χ1n) is 6.80. The Morgan fingerprint density at radius 1 is 1.50 bits per heavy atom. The molecule has 1 atom stereocenters. The highest BCUT2D eigenvalue weighted by atomic mass is 79.9. The highest BCUT2D eigenvalue weighted by Gasteiger charge is 2.19. The second-order valence-corrected chi connectivity index (χ2v) is 6.00. The van der Waals surface area contributed by atoms with E-state index in [-0.39, 0.29) is 18.9 Å². The van der Waals surface area contributed by atoms with Crippen LogP contribution in [0.3, 0.4) is 0 Å². The molecule has 0 saturated carbocycles. The summed E-state index contributed by atoms with van der Waals surface area (Å²) in [6.45, 7) is 4.33. The summed E-state index contributed by atoms with van der Waals surface area (Å²) in [6.07, 6.45) is 1.82. The molecule has 112 valence electrons. The Morgan fingerprint density at radius 3 is 2.90 bits per heavy atom. The number of hydrogen-bond acceptors (Lipinski definition) is 3. The first-order valence-corrected chi connectivity index (χ1v) is 7.60. The van der Waals surface area contributed by atoms with Crippen molar-refractivity contribution in [3.63, 3.8) is 0 Å². The number of hydrogen-bond donors (Lipinski definition) is 2. The molecule has 0 spiro atoms. The van der Waals surface area contributed by atoms with E-state index in [0.29, 0.717) is 13.0 Å². The van der Waals surface area contributed by atoms with Crippen LogP contribution >= 0.6 is 15.9 Å². The minimum Gasteiger partial charge on any atom is -0.493 e. The van der Waals surface area contributed by atoms with Crippen LogP contribution in [0.15, 0.2) is 28.7 Å². The van der Waals surface area contributed by atoms with Gasteiger partial charge in [0, 0.05) is 11.0 Å². The van der Waals surface area contributed by atoms with Crippen molar-refractivity contribution in [1.82, 2.24) is 5.32 Å². The molecule has 0 bridgehead atoms. The number of aliphatic hydroxyl groups is 1. The van der Waals surface area contributed by atoms with Crippen LogP contribution in [0.1, 0.15) is 33.1 Å². The van der Waals surface area contributed by atoms with Gasteiger partial charge in [0.25, 0.3) is 0 Å². The van der Waals surface area contributed by atoms with Crippen molar-refractivity contribution in [3.05, 3.63) is 28.7 Å². The van der Waals surface area contributed by atoms with Crippen LogP contribution in [0.5, 0.6) is 5.75 Å². The second kappa shape index (κ2) is 8.27. The number of carbonyl (C=O) groups is 1. The predicted octanol–water partition coefficient (Wildman–Crippen LogP) is 2.89. The molecule has 1 unspecified atom stereocenters. The molecule has 1 aromatic carbocycles. The lowest BCUT2D eigenvalue weighted by Crippen LogP contribution is -2.40. The molecule has 0 saturated heterocycles. The van der Waals surface area contributed by atoms with Crippen molar-refractivity contribution in [1.29, 1.82) is 0 Å². The fourth-order valence-corrected chi connectivity index (χ4v) is 2.20. The Bertz CT molecular complexity index is 435. The molecular weight excluding hydrogens is 322 g/mol. The van der Waals surface area contributed by atoms with Gasteiger partial charge in [-0.3, -0.25) is 4.79 Å². The molecule has 4 nitrogen and oxygen atoms in total. The van der Waals surface area contributed by atoms with E-state index < -0.39 is 5.60 Å². The quantitative estimate of drug-likeness (QED) is 0.762. The molecule has 0 aliphatic rings.